The van der Waals surface area contributed by atoms with Gasteiger partial charge in [0.1, 0.15) is 5.82 Å². The fourth-order valence-corrected chi connectivity index (χ4v) is 3.97. The van der Waals surface area contributed by atoms with Gasteiger partial charge in [0, 0.05) is 31.9 Å². The summed E-state index contributed by atoms with van der Waals surface area (Å²) in [6.07, 6.45) is 1.91. The first-order chi connectivity index (χ1) is 10.2. The fraction of sp³-hybridized carbons (Fsp3) is 0.625. The fourth-order valence-electron chi connectivity index (χ4n) is 3.97. The quantitative estimate of drug-likeness (QED) is 0.873. The topological polar surface area (TPSA) is 82.7 Å². The highest BCUT2D eigenvalue weighted by molar-refractivity contribution is 5.67. The number of hydrogen-bond donors (Lipinski definition) is 2. The first-order valence-electron chi connectivity index (χ1n) is 7.68. The molecule has 2 aliphatic heterocycles. The molecule has 3 heterocycles. The van der Waals surface area contributed by atoms with Crippen molar-refractivity contribution in [1.82, 2.24) is 14.8 Å². The number of nitrogens with two attached hydrogens (primary N) is 1. The molecule has 0 aliphatic carbocycles. The maximum absolute atomic E-state index is 11.6. The molecule has 2 saturated heterocycles. The number of aromatic nitrogens is 1. The van der Waals surface area contributed by atoms with Crippen LogP contribution in [-0.2, 0) is 6.54 Å². The summed E-state index contributed by atoms with van der Waals surface area (Å²) in [6.45, 7) is 8.58. The second-order valence-corrected chi connectivity index (χ2v) is 7.53. The molecule has 1 aromatic heterocycles. The van der Waals surface area contributed by atoms with Gasteiger partial charge < -0.3 is 10.8 Å². The predicted molar refractivity (Wildman–Crippen MR) is 84.4 cm³/mol. The number of carboxylic acid groups (broad SMARTS) is 1. The normalized spacial score (nSPS) is 28.3. The second kappa shape index (κ2) is 4.84. The molecule has 3 rings (SSSR count). The van der Waals surface area contributed by atoms with Gasteiger partial charge in [0.05, 0.1) is 5.54 Å². The van der Waals surface area contributed by atoms with Crippen LogP contribution in [-0.4, -0.2) is 50.7 Å². The number of rotatable bonds is 2. The Kier molecular flexibility index (Phi) is 3.32. The average molecular weight is 304 g/mol. The number of pyridine rings is 1. The Hall–Kier alpha value is -1.82. The molecule has 6 nitrogen and oxygen atoms in total. The van der Waals surface area contributed by atoms with Crippen molar-refractivity contribution in [3.8, 4) is 0 Å². The smallest absolute Gasteiger partial charge is 0.407 e. The second-order valence-electron chi connectivity index (χ2n) is 7.53. The van der Waals surface area contributed by atoms with Crippen LogP contribution in [0.25, 0.3) is 0 Å². The lowest BCUT2D eigenvalue weighted by Crippen LogP contribution is -2.61. The van der Waals surface area contributed by atoms with Crippen LogP contribution >= 0.6 is 0 Å². The standard InChI is InChI=1S/C16H24N4O2/c1-15(2,3)16-6-12(9-20(16)14(21)22)19(10-16)8-11-4-5-13(17)18-7-11/h4-5,7,12H,6,8-10H2,1-3H3,(H2,17,18)(H,21,22)/t12-,16+/m0/s1. The summed E-state index contributed by atoms with van der Waals surface area (Å²) in [4.78, 5) is 19.8. The van der Waals surface area contributed by atoms with Gasteiger partial charge >= 0.3 is 6.09 Å². The highest BCUT2D eigenvalue weighted by Crippen LogP contribution is 2.50. The minimum absolute atomic E-state index is 0.0890. The third kappa shape index (κ3) is 2.22. The lowest BCUT2D eigenvalue weighted by molar-refractivity contribution is 0.000887. The molecule has 3 N–H and O–H groups in total. The van der Waals surface area contributed by atoms with Gasteiger partial charge in [0.2, 0.25) is 0 Å². The molecule has 2 bridgehead atoms. The first-order valence-corrected chi connectivity index (χ1v) is 7.68. The zero-order chi connectivity index (χ0) is 16.1. The van der Waals surface area contributed by atoms with E-state index in [1.165, 1.54) is 0 Å². The summed E-state index contributed by atoms with van der Waals surface area (Å²) in [7, 11) is 0. The molecule has 0 aromatic carbocycles. The number of fused-ring (bicyclic) bond motifs is 2. The highest BCUT2D eigenvalue weighted by atomic mass is 16.4. The molecule has 0 unspecified atom stereocenters. The van der Waals surface area contributed by atoms with Crippen LogP contribution in [0, 0.1) is 5.41 Å². The molecular formula is C16H24N4O2. The maximum Gasteiger partial charge on any atom is 0.407 e. The molecule has 0 saturated carbocycles. The van der Waals surface area contributed by atoms with E-state index in [-0.39, 0.29) is 17.0 Å². The van der Waals surface area contributed by atoms with Gasteiger partial charge in [0.25, 0.3) is 0 Å². The van der Waals surface area contributed by atoms with Crippen LogP contribution in [0.2, 0.25) is 0 Å². The number of amides is 1. The molecule has 2 atom stereocenters. The van der Waals surface area contributed by atoms with E-state index in [1.807, 2.05) is 12.1 Å². The van der Waals surface area contributed by atoms with E-state index in [1.54, 1.807) is 11.1 Å². The Balaban J connectivity index is 1.82. The summed E-state index contributed by atoms with van der Waals surface area (Å²) in [5, 5.41) is 9.55. The Labute approximate surface area is 130 Å². The lowest BCUT2D eigenvalue weighted by atomic mass is 9.73. The van der Waals surface area contributed by atoms with E-state index < -0.39 is 6.09 Å². The minimum Gasteiger partial charge on any atom is -0.465 e. The van der Waals surface area contributed by atoms with Crippen LogP contribution < -0.4 is 5.73 Å². The average Bonchev–Trinajstić information content (AvgIpc) is 2.97. The van der Waals surface area contributed by atoms with E-state index in [2.05, 4.69) is 30.7 Å². The molecular weight excluding hydrogens is 280 g/mol. The molecule has 120 valence electrons. The van der Waals surface area contributed by atoms with Crippen molar-refractivity contribution in [2.45, 2.75) is 45.3 Å². The first kappa shape index (κ1) is 15.1. The van der Waals surface area contributed by atoms with Crippen LogP contribution in [0.1, 0.15) is 32.8 Å². The van der Waals surface area contributed by atoms with Crippen LogP contribution in [0.3, 0.4) is 0 Å². The number of piperazine rings is 1. The van der Waals surface area contributed by atoms with Crippen molar-refractivity contribution in [2.75, 3.05) is 18.8 Å². The van der Waals surface area contributed by atoms with Crippen LogP contribution in [0.5, 0.6) is 0 Å². The summed E-state index contributed by atoms with van der Waals surface area (Å²) < 4.78 is 0. The van der Waals surface area contributed by atoms with E-state index in [0.29, 0.717) is 12.4 Å². The number of nitrogens with zero attached hydrogens (tertiary/aromatic N) is 3. The zero-order valence-corrected chi connectivity index (χ0v) is 13.4. The van der Waals surface area contributed by atoms with Gasteiger partial charge in [-0.25, -0.2) is 9.78 Å². The Morgan fingerprint density at radius 2 is 2.23 bits per heavy atom. The van der Waals surface area contributed by atoms with E-state index in [4.69, 9.17) is 5.73 Å². The monoisotopic (exact) mass is 304 g/mol. The maximum atomic E-state index is 11.6. The van der Waals surface area contributed by atoms with Crippen LogP contribution in [0.4, 0.5) is 10.6 Å². The molecule has 0 spiro atoms. The molecule has 22 heavy (non-hydrogen) atoms. The van der Waals surface area contributed by atoms with E-state index in [0.717, 1.165) is 25.1 Å². The molecule has 1 aromatic rings. The number of anilines is 1. The Bertz CT molecular complexity index is 581. The number of likely N-dealkylation sites (tertiary alicyclic amines) is 2. The zero-order valence-electron chi connectivity index (χ0n) is 13.4. The van der Waals surface area contributed by atoms with Crippen molar-refractivity contribution in [3.05, 3.63) is 23.9 Å². The molecule has 6 heteroatoms. The van der Waals surface area contributed by atoms with Gasteiger partial charge in [0.15, 0.2) is 0 Å². The van der Waals surface area contributed by atoms with E-state index in [9.17, 15) is 9.90 Å². The van der Waals surface area contributed by atoms with Crippen molar-refractivity contribution >= 4 is 11.9 Å². The summed E-state index contributed by atoms with van der Waals surface area (Å²) in [5.74, 6) is 0.523. The van der Waals surface area contributed by atoms with Crippen molar-refractivity contribution < 1.29 is 9.90 Å². The van der Waals surface area contributed by atoms with Gasteiger partial charge in [-0.1, -0.05) is 26.8 Å². The summed E-state index contributed by atoms with van der Waals surface area (Å²) in [5.41, 5.74) is 6.36. The number of hydrogen-bond acceptors (Lipinski definition) is 4. The SMILES string of the molecule is CC(C)(C)[C@]12C[C@@H](CN1C(=O)O)N(Cc1ccc(N)nc1)C2. The third-order valence-corrected chi connectivity index (χ3v) is 5.32. The largest absolute Gasteiger partial charge is 0.465 e. The molecule has 1 amide bonds. The molecule has 0 radical (unpaired) electrons. The van der Waals surface area contributed by atoms with Gasteiger partial charge in [-0.3, -0.25) is 9.80 Å². The number of nitrogen functional groups attached to an aromatic ring is 1. The summed E-state index contributed by atoms with van der Waals surface area (Å²) in [6, 6.07) is 4.09. The van der Waals surface area contributed by atoms with Gasteiger partial charge in [-0.2, -0.15) is 0 Å². The third-order valence-electron chi connectivity index (χ3n) is 5.32. The van der Waals surface area contributed by atoms with Crippen LogP contribution in [0.15, 0.2) is 18.3 Å². The molecule has 2 fully saturated rings. The van der Waals surface area contributed by atoms with E-state index >= 15 is 0 Å². The lowest BCUT2D eigenvalue weighted by Gasteiger charge is -2.48. The molecule has 2 aliphatic rings. The van der Waals surface area contributed by atoms with Gasteiger partial charge in [-0.05, 0) is 23.5 Å². The Morgan fingerprint density at radius 3 is 2.77 bits per heavy atom. The highest BCUT2D eigenvalue weighted by Gasteiger charge is 2.61. The summed E-state index contributed by atoms with van der Waals surface area (Å²) >= 11 is 0. The van der Waals surface area contributed by atoms with Crippen molar-refractivity contribution in [2.24, 2.45) is 5.41 Å². The predicted octanol–water partition coefficient (Wildman–Crippen LogP) is 2.02. The minimum atomic E-state index is -0.800. The number of carbonyl (C=O) groups is 1. The van der Waals surface area contributed by atoms with Crippen molar-refractivity contribution in [3.63, 3.8) is 0 Å². The van der Waals surface area contributed by atoms with Gasteiger partial charge in [-0.15, -0.1) is 0 Å². The van der Waals surface area contributed by atoms with Crippen molar-refractivity contribution in [1.29, 1.82) is 0 Å². The Morgan fingerprint density at radius 1 is 1.50 bits per heavy atom.